The van der Waals surface area contributed by atoms with Crippen molar-refractivity contribution < 1.29 is 9.90 Å². The molecule has 0 aliphatic heterocycles. The van der Waals surface area contributed by atoms with Crippen molar-refractivity contribution in [2.75, 3.05) is 0 Å². The number of nitrogens with zero attached hydrogens (tertiary/aromatic N) is 2. The van der Waals surface area contributed by atoms with Gasteiger partial charge in [0.2, 0.25) is 0 Å². The fourth-order valence-corrected chi connectivity index (χ4v) is 2.79. The highest BCUT2D eigenvalue weighted by Crippen LogP contribution is 2.28. The van der Waals surface area contributed by atoms with Gasteiger partial charge in [0.1, 0.15) is 5.82 Å². The zero-order valence-corrected chi connectivity index (χ0v) is 15.6. The number of hydrogen-bond acceptors (Lipinski definition) is 4. The molecule has 5 heteroatoms. The minimum absolute atomic E-state index is 0.163. The van der Waals surface area contributed by atoms with Crippen LogP contribution in [0.5, 0.6) is 0 Å². The first kappa shape index (κ1) is 20.8. The highest BCUT2D eigenvalue weighted by Gasteiger charge is 2.22. The van der Waals surface area contributed by atoms with Crippen LogP contribution in [0, 0.1) is 0 Å². The molecule has 5 nitrogen and oxygen atoms in total. The van der Waals surface area contributed by atoms with Crippen molar-refractivity contribution in [1.29, 1.82) is 0 Å². The van der Waals surface area contributed by atoms with E-state index in [1.165, 1.54) is 5.56 Å². The molecule has 0 saturated carbocycles. The third-order valence-corrected chi connectivity index (χ3v) is 4.10. The van der Waals surface area contributed by atoms with Gasteiger partial charge in [-0.15, -0.1) is 0 Å². The summed E-state index contributed by atoms with van der Waals surface area (Å²) < 4.78 is 0. The molecule has 0 aliphatic rings. The first-order chi connectivity index (χ1) is 11.9. The van der Waals surface area contributed by atoms with E-state index >= 15 is 0 Å². The Labute approximate surface area is 150 Å². The van der Waals surface area contributed by atoms with Gasteiger partial charge in [0, 0.05) is 37.0 Å². The highest BCUT2D eigenvalue weighted by molar-refractivity contribution is 5.32. The maximum Gasteiger partial charge on any atom is 0.290 e. The first-order valence-corrected chi connectivity index (χ1v) is 8.59. The van der Waals surface area contributed by atoms with E-state index in [0.29, 0.717) is 6.04 Å². The summed E-state index contributed by atoms with van der Waals surface area (Å²) in [4.78, 5) is 17.1. The van der Waals surface area contributed by atoms with Crippen LogP contribution in [0.1, 0.15) is 51.1 Å². The Hall–Kier alpha value is -2.27. The second-order valence-corrected chi connectivity index (χ2v) is 6.70. The maximum absolute atomic E-state index is 8.36. The Balaban J connectivity index is 0.000000970. The number of hydrogen-bond donors (Lipinski definition) is 2. The zero-order chi connectivity index (χ0) is 18.7. The summed E-state index contributed by atoms with van der Waals surface area (Å²) in [7, 11) is 0. The molecule has 0 spiro atoms. The fourth-order valence-electron chi connectivity index (χ4n) is 2.79. The lowest BCUT2D eigenvalue weighted by Gasteiger charge is -2.29. The van der Waals surface area contributed by atoms with Crippen molar-refractivity contribution in [3.63, 3.8) is 0 Å². The Kier molecular flexibility index (Phi) is 8.78. The largest absolute Gasteiger partial charge is 0.483 e. The normalized spacial score (nSPS) is 12.0. The summed E-state index contributed by atoms with van der Waals surface area (Å²) in [5.41, 5.74) is 2.69. The molecule has 0 amide bonds. The molecule has 2 N–H and O–H groups in total. The molecule has 1 unspecified atom stereocenters. The minimum atomic E-state index is -0.250. The summed E-state index contributed by atoms with van der Waals surface area (Å²) in [6.07, 6.45) is 5.82. The number of benzene rings is 1. The van der Waals surface area contributed by atoms with Crippen LogP contribution >= 0.6 is 0 Å². The molecule has 2 aromatic rings. The molecule has 136 valence electrons. The summed E-state index contributed by atoms with van der Waals surface area (Å²) in [5, 5.41) is 10.5. The zero-order valence-electron chi connectivity index (χ0n) is 15.6. The summed E-state index contributed by atoms with van der Waals surface area (Å²) >= 11 is 0. The van der Waals surface area contributed by atoms with Gasteiger partial charge < -0.3 is 10.4 Å². The van der Waals surface area contributed by atoms with Crippen LogP contribution in [0.25, 0.3) is 0 Å². The molecular weight excluding hydrogens is 314 g/mol. The predicted octanol–water partition coefficient (Wildman–Crippen LogP) is 3.59. The fraction of sp³-hybridized carbons (Fsp3) is 0.450. The van der Waals surface area contributed by atoms with Crippen LogP contribution in [0.2, 0.25) is 0 Å². The lowest BCUT2D eigenvalue weighted by atomic mass is 9.79. The Morgan fingerprint density at radius 1 is 1.20 bits per heavy atom. The average molecular weight is 343 g/mol. The van der Waals surface area contributed by atoms with Gasteiger partial charge in [-0.1, -0.05) is 51.1 Å². The molecule has 1 atom stereocenters. The third-order valence-electron chi connectivity index (χ3n) is 4.10. The van der Waals surface area contributed by atoms with E-state index in [0.717, 1.165) is 30.8 Å². The van der Waals surface area contributed by atoms with Gasteiger partial charge in [-0.3, -0.25) is 4.79 Å². The number of carboxylic acid groups (broad SMARTS) is 1. The van der Waals surface area contributed by atoms with Gasteiger partial charge in [-0.05, 0) is 24.3 Å². The van der Waals surface area contributed by atoms with Crippen LogP contribution in [0.15, 0.2) is 42.7 Å². The Morgan fingerprint density at radius 3 is 2.28 bits per heavy atom. The lowest BCUT2D eigenvalue weighted by molar-refractivity contribution is -0.122. The van der Waals surface area contributed by atoms with Gasteiger partial charge in [0.15, 0.2) is 0 Å². The van der Waals surface area contributed by atoms with Crippen LogP contribution in [-0.2, 0) is 23.2 Å². The number of aryl methyl sites for hydroxylation is 1. The number of aromatic nitrogens is 2. The van der Waals surface area contributed by atoms with Crippen LogP contribution < -0.4 is 5.32 Å². The van der Waals surface area contributed by atoms with E-state index in [9.17, 15) is 0 Å². The molecule has 0 radical (unpaired) electrons. The Morgan fingerprint density at radius 2 is 1.76 bits per heavy atom. The van der Waals surface area contributed by atoms with E-state index in [2.05, 4.69) is 73.3 Å². The standard InChI is InChI=1S/C19H27N3.CH2O2/c1-5-18-21-13-16(14-22-18)12-20-15(2)11-19(3,4)17-9-7-6-8-10-17;2-1-3/h6-10,13-15,20H,5,11-12H2,1-4H3;1H,(H,2,3). The molecule has 2 rings (SSSR count). The molecule has 0 bridgehead atoms. The van der Waals surface area contributed by atoms with Crippen molar-refractivity contribution in [2.45, 2.75) is 58.5 Å². The number of carbonyl (C=O) groups is 1. The minimum Gasteiger partial charge on any atom is -0.483 e. The first-order valence-electron chi connectivity index (χ1n) is 8.59. The molecular formula is C20H29N3O2. The summed E-state index contributed by atoms with van der Waals surface area (Å²) in [5.74, 6) is 0.905. The second-order valence-electron chi connectivity index (χ2n) is 6.70. The van der Waals surface area contributed by atoms with Crippen molar-refractivity contribution in [3.8, 4) is 0 Å². The van der Waals surface area contributed by atoms with Crippen LogP contribution in [0.3, 0.4) is 0 Å². The molecule has 1 aromatic carbocycles. The molecule has 25 heavy (non-hydrogen) atoms. The Bertz CT molecular complexity index is 613. The predicted molar refractivity (Wildman–Crippen MR) is 100 cm³/mol. The van der Waals surface area contributed by atoms with E-state index < -0.39 is 0 Å². The maximum atomic E-state index is 8.36. The third kappa shape index (κ3) is 7.44. The van der Waals surface area contributed by atoms with Crippen molar-refractivity contribution >= 4 is 6.47 Å². The van der Waals surface area contributed by atoms with Gasteiger partial charge >= 0.3 is 0 Å². The molecule has 0 fully saturated rings. The van der Waals surface area contributed by atoms with E-state index in [1.807, 2.05) is 12.4 Å². The quantitative estimate of drug-likeness (QED) is 0.752. The molecule has 1 heterocycles. The smallest absolute Gasteiger partial charge is 0.290 e. The van der Waals surface area contributed by atoms with Gasteiger partial charge in [-0.2, -0.15) is 0 Å². The van der Waals surface area contributed by atoms with E-state index in [4.69, 9.17) is 9.90 Å². The van der Waals surface area contributed by atoms with Gasteiger partial charge in [0.05, 0.1) is 0 Å². The molecule has 1 aromatic heterocycles. The number of rotatable bonds is 7. The average Bonchev–Trinajstić information content (AvgIpc) is 2.61. The van der Waals surface area contributed by atoms with Crippen molar-refractivity contribution in [3.05, 3.63) is 59.7 Å². The molecule has 0 saturated heterocycles. The van der Waals surface area contributed by atoms with Crippen LogP contribution in [0.4, 0.5) is 0 Å². The highest BCUT2D eigenvalue weighted by atomic mass is 16.3. The molecule has 0 aliphatic carbocycles. The van der Waals surface area contributed by atoms with E-state index in [1.54, 1.807) is 0 Å². The second kappa shape index (κ2) is 10.6. The summed E-state index contributed by atoms with van der Waals surface area (Å²) in [6.45, 7) is 9.49. The van der Waals surface area contributed by atoms with Gasteiger partial charge in [-0.25, -0.2) is 9.97 Å². The topological polar surface area (TPSA) is 75.1 Å². The van der Waals surface area contributed by atoms with E-state index in [-0.39, 0.29) is 11.9 Å². The van der Waals surface area contributed by atoms with Crippen LogP contribution in [-0.4, -0.2) is 27.6 Å². The number of nitrogens with one attached hydrogen (secondary N) is 1. The summed E-state index contributed by atoms with van der Waals surface area (Å²) in [6, 6.07) is 11.2. The monoisotopic (exact) mass is 343 g/mol. The SMILES string of the molecule is CCc1ncc(CNC(C)CC(C)(C)c2ccccc2)cn1.O=CO. The lowest BCUT2D eigenvalue weighted by Crippen LogP contribution is -2.33. The van der Waals surface area contributed by atoms with Crippen molar-refractivity contribution in [1.82, 2.24) is 15.3 Å². The van der Waals surface area contributed by atoms with Gasteiger partial charge in [0.25, 0.3) is 6.47 Å². The van der Waals surface area contributed by atoms with Crippen molar-refractivity contribution in [2.24, 2.45) is 0 Å².